The smallest absolute Gasteiger partial charge is 0.339 e. The van der Waals surface area contributed by atoms with Crippen LogP contribution in [0.15, 0.2) is 39.2 Å². The van der Waals surface area contributed by atoms with E-state index in [1.54, 1.807) is 27.1 Å². The Bertz CT molecular complexity index is 968. The second-order valence-electron chi connectivity index (χ2n) is 5.99. The summed E-state index contributed by atoms with van der Waals surface area (Å²) in [6.45, 7) is 1.94. The molecule has 7 nitrogen and oxygen atoms in total. The number of benzene rings is 1. The zero-order valence-electron chi connectivity index (χ0n) is 14.7. The minimum absolute atomic E-state index is 0.0876. The highest BCUT2D eigenvalue weighted by atomic mass is 16.5. The van der Waals surface area contributed by atoms with Crippen molar-refractivity contribution in [2.24, 2.45) is 0 Å². The van der Waals surface area contributed by atoms with E-state index >= 15 is 0 Å². The van der Waals surface area contributed by atoms with Gasteiger partial charge in [0.2, 0.25) is 0 Å². The van der Waals surface area contributed by atoms with Gasteiger partial charge >= 0.3 is 5.97 Å². The number of methoxy groups -OCH3 is 1. The molecule has 0 aliphatic carbocycles. The van der Waals surface area contributed by atoms with Crippen molar-refractivity contribution >= 4 is 22.8 Å². The number of furan rings is 2. The lowest BCUT2D eigenvalue weighted by Crippen LogP contribution is -2.26. The van der Waals surface area contributed by atoms with E-state index in [1.165, 1.54) is 11.0 Å². The minimum Gasteiger partial charge on any atom is -0.478 e. The quantitative estimate of drug-likeness (QED) is 0.726. The van der Waals surface area contributed by atoms with Gasteiger partial charge in [0, 0.05) is 25.1 Å². The van der Waals surface area contributed by atoms with Crippen molar-refractivity contribution < 1.29 is 28.3 Å². The van der Waals surface area contributed by atoms with Crippen LogP contribution in [0.1, 0.15) is 38.0 Å². The molecule has 136 valence electrons. The Morgan fingerprint density at radius 3 is 2.62 bits per heavy atom. The molecule has 0 radical (unpaired) electrons. The van der Waals surface area contributed by atoms with Gasteiger partial charge in [0.1, 0.15) is 22.7 Å². The number of carboxylic acids is 1. The summed E-state index contributed by atoms with van der Waals surface area (Å²) in [5.74, 6) is -0.500. The molecule has 0 aliphatic rings. The van der Waals surface area contributed by atoms with E-state index in [1.807, 2.05) is 18.2 Å². The standard InChI is InChI=1S/C19H19NO6/c1-11-14(19(22)23)8-12(25-11)9-20(2)18(21)17-15(10-24-3)13-6-4-5-7-16(13)26-17/h4-8H,9-10H2,1-3H3,(H,22,23). The second kappa shape index (κ2) is 7.05. The summed E-state index contributed by atoms with van der Waals surface area (Å²) in [4.78, 5) is 25.4. The molecule has 3 aromatic rings. The molecule has 26 heavy (non-hydrogen) atoms. The first-order chi connectivity index (χ1) is 12.4. The van der Waals surface area contributed by atoms with Crippen LogP contribution in [0.4, 0.5) is 0 Å². The lowest BCUT2D eigenvalue weighted by molar-refractivity contribution is 0.0693. The fraction of sp³-hybridized carbons (Fsp3) is 0.263. The summed E-state index contributed by atoms with van der Waals surface area (Å²) in [6, 6.07) is 8.79. The number of hydrogen-bond acceptors (Lipinski definition) is 5. The van der Waals surface area contributed by atoms with E-state index in [4.69, 9.17) is 18.7 Å². The first kappa shape index (κ1) is 17.8. The SMILES string of the molecule is COCc1c(C(=O)N(C)Cc2cc(C(=O)O)c(C)o2)oc2ccccc12. The largest absolute Gasteiger partial charge is 0.478 e. The van der Waals surface area contributed by atoms with Crippen LogP contribution in [0.25, 0.3) is 11.0 Å². The Kier molecular flexibility index (Phi) is 4.81. The maximum Gasteiger partial charge on any atom is 0.339 e. The van der Waals surface area contributed by atoms with E-state index in [0.717, 1.165) is 5.39 Å². The number of carbonyl (C=O) groups excluding carboxylic acids is 1. The molecule has 7 heteroatoms. The molecule has 0 aliphatic heterocycles. The first-order valence-electron chi connectivity index (χ1n) is 7.99. The Morgan fingerprint density at radius 2 is 1.96 bits per heavy atom. The van der Waals surface area contributed by atoms with Gasteiger partial charge in [-0.2, -0.15) is 0 Å². The Morgan fingerprint density at radius 1 is 1.23 bits per heavy atom. The highest BCUT2D eigenvalue weighted by Crippen LogP contribution is 2.28. The highest BCUT2D eigenvalue weighted by molar-refractivity contribution is 5.99. The summed E-state index contributed by atoms with van der Waals surface area (Å²) in [5, 5.41) is 9.93. The molecule has 0 fully saturated rings. The monoisotopic (exact) mass is 357 g/mol. The number of hydrogen-bond donors (Lipinski definition) is 1. The van der Waals surface area contributed by atoms with Gasteiger partial charge in [-0.25, -0.2) is 4.79 Å². The van der Waals surface area contributed by atoms with Gasteiger partial charge in [0.15, 0.2) is 5.76 Å². The third kappa shape index (κ3) is 3.21. The molecule has 3 rings (SSSR count). The highest BCUT2D eigenvalue weighted by Gasteiger charge is 2.24. The number of rotatable bonds is 6. The molecule has 1 aromatic carbocycles. The average molecular weight is 357 g/mol. The molecule has 1 N–H and O–H groups in total. The maximum atomic E-state index is 12.9. The predicted octanol–water partition coefficient (Wildman–Crippen LogP) is 3.45. The molecule has 0 atom stereocenters. The Labute approximate surface area is 149 Å². The Balaban J connectivity index is 1.89. The molecule has 0 saturated heterocycles. The van der Waals surface area contributed by atoms with Crippen molar-refractivity contribution in [2.75, 3.05) is 14.2 Å². The molecule has 1 amide bonds. The number of amides is 1. The van der Waals surface area contributed by atoms with Gasteiger partial charge < -0.3 is 23.6 Å². The van der Waals surface area contributed by atoms with E-state index in [2.05, 4.69) is 0 Å². The van der Waals surface area contributed by atoms with Gasteiger partial charge in [-0.05, 0) is 19.1 Å². The zero-order chi connectivity index (χ0) is 18.8. The third-order valence-electron chi connectivity index (χ3n) is 4.12. The fourth-order valence-electron chi connectivity index (χ4n) is 2.87. The lowest BCUT2D eigenvalue weighted by atomic mass is 10.1. The number of para-hydroxylation sites is 1. The summed E-state index contributed by atoms with van der Waals surface area (Å²) >= 11 is 0. The van der Waals surface area contributed by atoms with Crippen LogP contribution in [0.3, 0.4) is 0 Å². The second-order valence-corrected chi connectivity index (χ2v) is 5.99. The summed E-state index contributed by atoms with van der Waals surface area (Å²) < 4.78 is 16.4. The zero-order valence-corrected chi connectivity index (χ0v) is 14.7. The fourth-order valence-corrected chi connectivity index (χ4v) is 2.87. The van der Waals surface area contributed by atoms with E-state index in [0.29, 0.717) is 22.7 Å². The van der Waals surface area contributed by atoms with Gasteiger partial charge in [-0.3, -0.25) is 4.79 Å². The topological polar surface area (TPSA) is 93.1 Å². The van der Waals surface area contributed by atoms with Gasteiger partial charge in [0.05, 0.1) is 13.2 Å². The van der Waals surface area contributed by atoms with Crippen LogP contribution in [-0.2, 0) is 17.9 Å². The molecule has 0 saturated carbocycles. The number of carboxylic acid groups (broad SMARTS) is 1. The average Bonchev–Trinajstić information content (AvgIpc) is 3.15. The van der Waals surface area contributed by atoms with E-state index < -0.39 is 5.97 Å². The minimum atomic E-state index is -1.06. The summed E-state index contributed by atoms with van der Waals surface area (Å²) in [5.41, 5.74) is 1.38. The van der Waals surface area contributed by atoms with Crippen molar-refractivity contribution in [3.63, 3.8) is 0 Å². The maximum absolute atomic E-state index is 12.9. The number of fused-ring (bicyclic) bond motifs is 1. The van der Waals surface area contributed by atoms with Crippen molar-refractivity contribution in [3.8, 4) is 0 Å². The van der Waals surface area contributed by atoms with Crippen LogP contribution < -0.4 is 0 Å². The number of aryl methyl sites for hydroxylation is 1. The molecule has 0 bridgehead atoms. The van der Waals surface area contributed by atoms with Crippen LogP contribution >= 0.6 is 0 Å². The summed E-state index contributed by atoms with van der Waals surface area (Å²) in [7, 11) is 3.16. The van der Waals surface area contributed by atoms with Crippen molar-refractivity contribution in [1.82, 2.24) is 4.90 Å². The number of nitrogens with zero attached hydrogens (tertiary/aromatic N) is 1. The normalized spacial score (nSPS) is 11.0. The van der Waals surface area contributed by atoms with Crippen molar-refractivity contribution in [1.29, 1.82) is 0 Å². The predicted molar refractivity (Wildman–Crippen MR) is 93.1 cm³/mol. The molecular weight excluding hydrogens is 338 g/mol. The lowest BCUT2D eigenvalue weighted by Gasteiger charge is -2.15. The van der Waals surface area contributed by atoms with Gasteiger partial charge in [-0.1, -0.05) is 18.2 Å². The number of ether oxygens (including phenoxy) is 1. The van der Waals surface area contributed by atoms with Crippen LogP contribution in [0, 0.1) is 6.92 Å². The molecule has 0 spiro atoms. The van der Waals surface area contributed by atoms with Crippen LogP contribution in [-0.4, -0.2) is 36.0 Å². The number of carbonyl (C=O) groups is 2. The third-order valence-corrected chi connectivity index (χ3v) is 4.12. The van der Waals surface area contributed by atoms with Crippen LogP contribution in [0.5, 0.6) is 0 Å². The van der Waals surface area contributed by atoms with Gasteiger partial charge in [0.25, 0.3) is 5.91 Å². The number of aromatic carboxylic acids is 1. The molecule has 0 unspecified atom stereocenters. The van der Waals surface area contributed by atoms with Gasteiger partial charge in [-0.15, -0.1) is 0 Å². The van der Waals surface area contributed by atoms with E-state index in [9.17, 15) is 9.59 Å². The van der Waals surface area contributed by atoms with Crippen molar-refractivity contribution in [2.45, 2.75) is 20.1 Å². The molecule has 2 heterocycles. The van der Waals surface area contributed by atoms with Crippen LogP contribution in [0.2, 0.25) is 0 Å². The Hall–Kier alpha value is -3.06. The van der Waals surface area contributed by atoms with Crippen molar-refractivity contribution in [3.05, 3.63) is 58.7 Å². The molecular formula is C19H19NO6. The first-order valence-corrected chi connectivity index (χ1v) is 7.99. The molecule has 2 aromatic heterocycles. The summed E-state index contributed by atoms with van der Waals surface area (Å²) in [6.07, 6.45) is 0. The van der Waals surface area contributed by atoms with E-state index in [-0.39, 0.29) is 30.4 Å².